The maximum absolute atomic E-state index is 12.9. The molecule has 1 amide bonds. The Morgan fingerprint density at radius 2 is 1.68 bits per heavy atom. The van der Waals surface area contributed by atoms with Crippen molar-refractivity contribution < 1.29 is 13.2 Å². The Bertz CT molecular complexity index is 1150. The van der Waals surface area contributed by atoms with Gasteiger partial charge in [0.25, 0.3) is 15.9 Å². The van der Waals surface area contributed by atoms with Gasteiger partial charge in [0.2, 0.25) is 0 Å². The number of benzene rings is 3. The fourth-order valence-corrected chi connectivity index (χ4v) is 5.15. The van der Waals surface area contributed by atoms with Gasteiger partial charge in [0.15, 0.2) is 0 Å². The zero-order chi connectivity index (χ0) is 19.7. The topological polar surface area (TPSA) is 66.5 Å². The van der Waals surface area contributed by atoms with E-state index in [0.717, 1.165) is 10.0 Å². The molecule has 0 aliphatic carbocycles. The second-order valence-electron chi connectivity index (χ2n) is 6.42. The van der Waals surface area contributed by atoms with Crippen LogP contribution in [0.2, 0.25) is 0 Å². The Kier molecular flexibility index (Phi) is 4.95. The summed E-state index contributed by atoms with van der Waals surface area (Å²) in [6.45, 7) is 0.363. The van der Waals surface area contributed by atoms with Crippen LogP contribution in [-0.2, 0) is 16.4 Å². The van der Waals surface area contributed by atoms with Crippen molar-refractivity contribution in [3.8, 4) is 0 Å². The highest BCUT2D eigenvalue weighted by Crippen LogP contribution is 2.34. The van der Waals surface area contributed by atoms with Crippen LogP contribution >= 0.6 is 15.9 Å². The summed E-state index contributed by atoms with van der Waals surface area (Å²) in [5, 5.41) is 2.87. The van der Waals surface area contributed by atoms with Crippen LogP contribution in [0.4, 0.5) is 11.4 Å². The maximum atomic E-state index is 12.9. The fraction of sp³-hybridized carbons (Fsp3) is 0.0952. The lowest BCUT2D eigenvalue weighted by molar-refractivity contribution is 0.102. The largest absolute Gasteiger partial charge is 0.321 e. The number of amides is 1. The van der Waals surface area contributed by atoms with Crippen LogP contribution in [0.5, 0.6) is 0 Å². The average molecular weight is 457 g/mol. The molecule has 0 bridgehead atoms. The third-order valence-corrected chi connectivity index (χ3v) is 7.17. The molecule has 7 heteroatoms. The van der Waals surface area contributed by atoms with Crippen LogP contribution in [0.1, 0.15) is 15.9 Å². The zero-order valence-electron chi connectivity index (χ0n) is 14.8. The van der Waals surface area contributed by atoms with Gasteiger partial charge in [0, 0.05) is 16.6 Å². The molecule has 1 aliphatic rings. The highest BCUT2D eigenvalue weighted by atomic mass is 79.9. The summed E-state index contributed by atoms with van der Waals surface area (Å²) in [4.78, 5) is 12.9. The summed E-state index contributed by atoms with van der Waals surface area (Å²) < 4.78 is 28.1. The Hall–Kier alpha value is -2.64. The third-order valence-electron chi connectivity index (χ3n) is 4.65. The minimum absolute atomic E-state index is 0.237. The lowest BCUT2D eigenvalue weighted by Gasteiger charge is -2.19. The van der Waals surface area contributed by atoms with Gasteiger partial charge in [-0.25, -0.2) is 8.42 Å². The number of sulfonamides is 1. The fourth-order valence-electron chi connectivity index (χ4n) is 3.24. The number of anilines is 2. The molecule has 0 fully saturated rings. The van der Waals surface area contributed by atoms with Gasteiger partial charge in [0.05, 0.1) is 16.3 Å². The van der Waals surface area contributed by atoms with E-state index in [1.165, 1.54) is 4.31 Å². The number of nitrogens with one attached hydrogen (secondary N) is 1. The van der Waals surface area contributed by atoms with Crippen molar-refractivity contribution in [2.24, 2.45) is 0 Å². The predicted molar refractivity (Wildman–Crippen MR) is 113 cm³/mol. The van der Waals surface area contributed by atoms with Gasteiger partial charge < -0.3 is 5.32 Å². The maximum Gasteiger partial charge on any atom is 0.264 e. The molecule has 0 unspecified atom stereocenters. The Labute approximate surface area is 172 Å². The Balaban J connectivity index is 1.61. The summed E-state index contributed by atoms with van der Waals surface area (Å²) in [6.07, 6.45) is 0.567. The van der Waals surface area contributed by atoms with Crippen LogP contribution in [-0.4, -0.2) is 20.9 Å². The van der Waals surface area contributed by atoms with Crippen molar-refractivity contribution in [2.45, 2.75) is 11.3 Å². The summed E-state index contributed by atoms with van der Waals surface area (Å²) in [5.74, 6) is -0.237. The third kappa shape index (κ3) is 3.43. The first kappa shape index (κ1) is 18.7. The van der Waals surface area contributed by atoms with Crippen molar-refractivity contribution in [3.63, 3.8) is 0 Å². The zero-order valence-corrected chi connectivity index (χ0v) is 17.2. The Morgan fingerprint density at radius 3 is 2.43 bits per heavy atom. The number of halogens is 1. The molecule has 1 heterocycles. The van der Waals surface area contributed by atoms with Gasteiger partial charge >= 0.3 is 0 Å². The molecular weight excluding hydrogens is 440 g/mol. The van der Waals surface area contributed by atoms with Gasteiger partial charge in [-0.2, -0.15) is 0 Å². The van der Waals surface area contributed by atoms with Crippen LogP contribution in [0.15, 0.2) is 82.2 Å². The van der Waals surface area contributed by atoms with Crippen LogP contribution in [0, 0.1) is 0 Å². The van der Waals surface area contributed by atoms with Gasteiger partial charge in [-0.3, -0.25) is 9.10 Å². The van der Waals surface area contributed by atoms with Gasteiger partial charge in [0.1, 0.15) is 0 Å². The van der Waals surface area contributed by atoms with Crippen molar-refractivity contribution >= 4 is 43.2 Å². The molecule has 3 aromatic rings. The summed E-state index contributed by atoms with van der Waals surface area (Å²) in [7, 11) is -3.61. The minimum Gasteiger partial charge on any atom is -0.321 e. The second kappa shape index (κ2) is 7.41. The van der Waals surface area contributed by atoms with E-state index >= 15 is 0 Å². The quantitative estimate of drug-likeness (QED) is 0.630. The summed E-state index contributed by atoms with van der Waals surface area (Å²) >= 11 is 3.41. The molecule has 1 aliphatic heterocycles. The second-order valence-corrected chi connectivity index (χ2v) is 9.13. The van der Waals surface area contributed by atoms with E-state index in [2.05, 4.69) is 21.2 Å². The van der Waals surface area contributed by atoms with E-state index < -0.39 is 10.0 Å². The van der Waals surface area contributed by atoms with Crippen molar-refractivity contribution in [3.05, 3.63) is 88.4 Å². The molecule has 0 saturated heterocycles. The highest BCUT2D eigenvalue weighted by Gasteiger charge is 2.31. The molecule has 3 aromatic carbocycles. The summed E-state index contributed by atoms with van der Waals surface area (Å²) in [5.41, 5.74) is 2.65. The average Bonchev–Trinajstić information content (AvgIpc) is 3.14. The molecule has 4 rings (SSSR count). The number of fused-ring (bicyclic) bond motifs is 1. The smallest absolute Gasteiger partial charge is 0.264 e. The minimum atomic E-state index is -3.61. The lowest BCUT2D eigenvalue weighted by Crippen LogP contribution is -2.29. The molecular formula is C21H17BrN2O3S. The van der Waals surface area contributed by atoms with Gasteiger partial charge in [-0.05, 0) is 70.4 Å². The van der Waals surface area contributed by atoms with E-state index in [-0.39, 0.29) is 10.8 Å². The molecule has 0 aromatic heterocycles. The number of carbonyl (C=O) groups is 1. The number of carbonyl (C=O) groups excluding carboxylic acids is 1. The summed E-state index contributed by atoms with van der Waals surface area (Å²) in [6, 6.07) is 20.9. The molecule has 0 spiro atoms. The molecule has 28 heavy (non-hydrogen) atoms. The molecule has 0 saturated carbocycles. The first-order valence-electron chi connectivity index (χ1n) is 8.73. The Morgan fingerprint density at radius 1 is 0.964 bits per heavy atom. The molecule has 0 radical (unpaired) electrons. The number of nitrogens with zero attached hydrogens (tertiary/aromatic N) is 1. The van der Waals surface area contributed by atoms with Crippen molar-refractivity contribution in [2.75, 3.05) is 16.2 Å². The number of hydrogen-bond acceptors (Lipinski definition) is 3. The first-order valence-corrected chi connectivity index (χ1v) is 11.0. The lowest BCUT2D eigenvalue weighted by atomic mass is 10.1. The van der Waals surface area contributed by atoms with E-state index in [4.69, 9.17) is 0 Å². The number of hydrogen-bond donors (Lipinski definition) is 1. The normalized spacial score (nSPS) is 13.2. The van der Waals surface area contributed by atoms with Crippen LogP contribution in [0.3, 0.4) is 0 Å². The van der Waals surface area contributed by atoms with E-state index in [9.17, 15) is 13.2 Å². The van der Waals surface area contributed by atoms with Crippen molar-refractivity contribution in [1.29, 1.82) is 0 Å². The molecule has 142 valence electrons. The van der Waals surface area contributed by atoms with Crippen LogP contribution in [0.25, 0.3) is 0 Å². The predicted octanol–water partition coefficient (Wildman–Crippen LogP) is 4.45. The van der Waals surface area contributed by atoms with Crippen molar-refractivity contribution in [1.82, 2.24) is 0 Å². The van der Waals surface area contributed by atoms with E-state index in [1.54, 1.807) is 48.5 Å². The highest BCUT2D eigenvalue weighted by molar-refractivity contribution is 9.10. The first-order chi connectivity index (χ1) is 13.5. The molecule has 0 atom stereocenters. The standard InChI is InChI=1S/C21H17BrN2O3S/c22-18-8-4-5-9-19(18)23-21(25)16-10-11-20-15(14-16)12-13-24(20)28(26,27)17-6-2-1-3-7-17/h1-11,14H,12-13H2,(H,23,25). The van der Waals surface area contributed by atoms with Gasteiger partial charge in [-0.15, -0.1) is 0 Å². The molecule has 1 N–H and O–H groups in total. The van der Waals surface area contributed by atoms with E-state index in [1.807, 2.05) is 24.3 Å². The van der Waals surface area contributed by atoms with Crippen LogP contribution < -0.4 is 9.62 Å². The van der Waals surface area contributed by atoms with E-state index in [0.29, 0.717) is 29.9 Å². The number of para-hydroxylation sites is 1. The SMILES string of the molecule is O=C(Nc1ccccc1Br)c1ccc2c(c1)CCN2S(=O)(=O)c1ccccc1. The number of rotatable bonds is 4. The molecule has 5 nitrogen and oxygen atoms in total. The monoisotopic (exact) mass is 456 g/mol. The van der Waals surface area contributed by atoms with Gasteiger partial charge in [-0.1, -0.05) is 30.3 Å².